The number of allylic oxidation sites excluding steroid dienone is 1. The van der Waals surface area contributed by atoms with Crippen molar-refractivity contribution in [2.45, 2.75) is 115 Å². The van der Waals surface area contributed by atoms with Crippen LogP contribution < -0.4 is 5.32 Å². The average Bonchev–Trinajstić information content (AvgIpc) is 3.12. The van der Waals surface area contributed by atoms with Crippen molar-refractivity contribution >= 4 is 11.9 Å². The van der Waals surface area contributed by atoms with Crippen LogP contribution in [0.5, 0.6) is 0 Å². The Hall–Kier alpha value is -1.52. The highest BCUT2D eigenvalue weighted by Crippen LogP contribution is 2.40. The quantitative estimate of drug-likeness (QED) is 0.402. The van der Waals surface area contributed by atoms with Gasteiger partial charge in [0.1, 0.15) is 0 Å². The number of carbonyl (C=O) groups is 1. The predicted molar refractivity (Wildman–Crippen MR) is 114 cm³/mol. The maximum Gasteiger partial charge on any atom is 0.337 e. The van der Waals surface area contributed by atoms with Crippen LogP contribution in [0.2, 0.25) is 0 Å². The maximum atomic E-state index is 12.6. The van der Waals surface area contributed by atoms with E-state index in [1.807, 2.05) is 0 Å². The summed E-state index contributed by atoms with van der Waals surface area (Å²) in [5.74, 6) is 0.842. The smallest absolute Gasteiger partial charge is 0.337 e. The summed E-state index contributed by atoms with van der Waals surface area (Å²) in [5, 5.41) is 3.73. The fraction of sp³-hybridized carbons (Fsp3) is 0.826. The first-order valence-electron chi connectivity index (χ1n) is 11.6. The highest BCUT2D eigenvalue weighted by Gasteiger charge is 2.44. The lowest BCUT2D eigenvalue weighted by Crippen LogP contribution is -2.56. The summed E-state index contributed by atoms with van der Waals surface area (Å²) in [4.78, 5) is 19.9. The van der Waals surface area contributed by atoms with Gasteiger partial charge in [0.25, 0.3) is 0 Å². The Morgan fingerprint density at radius 3 is 2.57 bits per heavy atom. The summed E-state index contributed by atoms with van der Waals surface area (Å²) in [7, 11) is 1.49. The number of hydrogen-bond donors (Lipinski definition) is 1. The average molecular weight is 390 g/mol. The molecule has 158 valence electrons. The molecular weight excluding hydrogens is 350 g/mol. The standard InChI is InChI=1S/C23H39N3O2/c1-4-6-8-9-11-12-17-16-18-14-15-20-21(22(27)28-3)19(13-10-7-5-2)25-23(24-17)26(18)20/h17-19H,4-16H2,1-3H3,(H,24,25)/t17-,18+,19?/m0/s1. The van der Waals surface area contributed by atoms with Gasteiger partial charge in [-0.2, -0.15) is 0 Å². The van der Waals surface area contributed by atoms with E-state index in [9.17, 15) is 4.79 Å². The van der Waals surface area contributed by atoms with Gasteiger partial charge in [-0.15, -0.1) is 0 Å². The van der Waals surface area contributed by atoms with Crippen LogP contribution in [0.15, 0.2) is 16.3 Å². The maximum absolute atomic E-state index is 12.6. The number of ether oxygens (including phenoxy) is 1. The van der Waals surface area contributed by atoms with E-state index in [2.05, 4.69) is 24.1 Å². The van der Waals surface area contributed by atoms with Crippen molar-refractivity contribution in [2.24, 2.45) is 4.99 Å². The molecule has 28 heavy (non-hydrogen) atoms. The van der Waals surface area contributed by atoms with Gasteiger partial charge in [0.2, 0.25) is 0 Å². The first-order chi connectivity index (χ1) is 13.7. The summed E-state index contributed by atoms with van der Waals surface area (Å²) < 4.78 is 5.15. The molecule has 2 fully saturated rings. The zero-order chi connectivity index (χ0) is 19.9. The molecule has 0 aromatic heterocycles. The Kier molecular flexibility index (Phi) is 7.81. The van der Waals surface area contributed by atoms with Crippen molar-refractivity contribution in [3.05, 3.63) is 11.3 Å². The minimum Gasteiger partial charge on any atom is -0.466 e. The Labute approximate surface area is 171 Å². The molecule has 5 heteroatoms. The van der Waals surface area contributed by atoms with Crippen molar-refractivity contribution in [3.63, 3.8) is 0 Å². The lowest BCUT2D eigenvalue weighted by Gasteiger charge is -2.42. The minimum atomic E-state index is -0.182. The van der Waals surface area contributed by atoms with Gasteiger partial charge in [0.05, 0.1) is 18.7 Å². The third-order valence-corrected chi connectivity index (χ3v) is 6.55. The first kappa shape index (κ1) is 21.2. The number of rotatable bonds is 11. The monoisotopic (exact) mass is 389 g/mol. The fourth-order valence-electron chi connectivity index (χ4n) is 5.05. The summed E-state index contributed by atoms with van der Waals surface area (Å²) in [5.41, 5.74) is 2.00. The number of methoxy groups -OCH3 is 1. The van der Waals surface area contributed by atoms with Crippen molar-refractivity contribution in [1.29, 1.82) is 0 Å². The van der Waals surface area contributed by atoms with Gasteiger partial charge < -0.3 is 15.0 Å². The molecular formula is C23H39N3O2. The lowest BCUT2D eigenvalue weighted by molar-refractivity contribution is -0.136. The van der Waals surface area contributed by atoms with Crippen molar-refractivity contribution in [3.8, 4) is 0 Å². The molecule has 0 spiro atoms. The Bertz CT molecular complexity index is 599. The largest absolute Gasteiger partial charge is 0.466 e. The van der Waals surface area contributed by atoms with Gasteiger partial charge in [-0.25, -0.2) is 9.79 Å². The Morgan fingerprint density at radius 1 is 1.11 bits per heavy atom. The number of nitrogens with zero attached hydrogens (tertiary/aromatic N) is 2. The van der Waals surface area contributed by atoms with E-state index >= 15 is 0 Å². The number of guanidine groups is 1. The molecule has 3 aliphatic rings. The molecule has 0 bridgehead atoms. The van der Waals surface area contributed by atoms with E-state index in [1.54, 1.807) is 0 Å². The molecule has 3 aliphatic heterocycles. The van der Waals surface area contributed by atoms with Crippen LogP contribution in [0, 0.1) is 0 Å². The minimum absolute atomic E-state index is 0.0465. The zero-order valence-corrected chi connectivity index (χ0v) is 18.1. The number of carbonyl (C=O) groups excluding carboxylic acids is 1. The number of esters is 1. The van der Waals surface area contributed by atoms with Gasteiger partial charge in [0.15, 0.2) is 5.96 Å². The molecule has 0 saturated carbocycles. The summed E-state index contributed by atoms with van der Waals surface area (Å²) in [6, 6.07) is 0.971. The van der Waals surface area contributed by atoms with Gasteiger partial charge in [-0.3, -0.25) is 0 Å². The molecule has 1 unspecified atom stereocenters. The predicted octanol–water partition coefficient (Wildman–Crippen LogP) is 4.92. The first-order valence-corrected chi connectivity index (χ1v) is 11.6. The van der Waals surface area contributed by atoms with Crippen LogP contribution in [0.1, 0.15) is 97.3 Å². The normalized spacial score (nSPS) is 26.0. The van der Waals surface area contributed by atoms with Gasteiger partial charge >= 0.3 is 5.97 Å². The molecule has 5 nitrogen and oxygen atoms in total. The number of aliphatic imine (C=N–C) groups is 1. The van der Waals surface area contributed by atoms with Crippen LogP contribution >= 0.6 is 0 Å². The van der Waals surface area contributed by atoms with E-state index in [0.717, 1.165) is 43.6 Å². The molecule has 1 N–H and O–H groups in total. The van der Waals surface area contributed by atoms with Gasteiger partial charge in [0, 0.05) is 17.8 Å². The SMILES string of the molecule is CCCCCCC[C@H]1C[C@H]2CCC3=C(C(=O)OC)C(CCCCC)N=C(N1)N32. The summed E-state index contributed by atoms with van der Waals surface area (Å²) >= 11 is 0. The van der Waals surface area contributed by atoms with E-state index < -0.39 is 0 Å². The Balaban J connectivity index is 1.70. The molecule has 2 saturated heterocycles. The van der Waals surface area contributed by atoms with E-state index in [4.69, 9.17) is 9.73 Å². The second-order valence-corrected chi connectivity index (χ2v) is 8.66. The molecule has 0 amide bonds. The number of hydrogen-bond acceptors (Lipinski definition) is 5. The summed E-state index contributed by atoms with van der Waals surface area (Å²) in [6.07, 6.45) is 15.5. The van der Waals surface area contributed by atoms with Crippen LogP contribution in [0.25, 0.3) is 0 Å². The Morgan fingerprint density at radius 2 is 1.82 bits per heavy atom. The molecule has 0 aliphatic carbocycles. The third-order valence-electron chi connectivity index (χ3n) is 6.55. The highest BCUT2D eigenvalue weighted by molar-refractivity contribution is 5.95. The van der Waals surface area contributed by atoms with Crippen LogP contribution in [0.3, 0.4) is 0 Å². The fourth-order valence-corrected chi connectivity index (χ4v) is 5.05. The second kappa shape index (κ2) is 10.3. The molecule has 3 heterocycles. The lowest BCUT2D eigenvalue weighted by atomic mass is 9.95. The van der Waals surface area contributed by atoms with E-state index in [-0.39, 0.29) is 12.0 Å². The molecule has 0 aromatic rings. The highest BCUT2D eigenvalue weighted by atomic mass is 16.5. The third kappa shape index (κ3) is 4.72. The van der Waals surface area contributed by atoms with Crippen molar-refractivity contribution in [2.75, 3.05) is 7.11 Å². The van der Waals surface area contributed by atoms with E-state index in [0.29, 0.717) is 12.1 Å². The van der Waals surface area contributed by atoms with Gasteiger partial charge in [-0.05, 0) is 32.1 Å². The van der Waals surface area contributed by atoms with Crippen molar-refractivity contribution < 1.29 is 9.53 Å². The molecule has 3 atom stereocenters. The van der Waals surface area contributed by atoms with Crippen molar-refractivity contribution in [1.82, 2.24) is 10.2 Å². The van der Waals surface area contributed by atoms with Crippen LogP contribution in [0.4, 0.5) is 0 Å². The van der Waals surface area contributed by atoms with E-state index in [1.165, 1.54) is 64.2 Å². The number of nitrogens with one attached hydrogen (secondary N) is 1. The molecule has 3 rings (SSSR count). The second-order valence-electron chi connectivity index (χ2n) is 8.66. The number of unbranched alkanes of at least 4 members (excludes halogenated alkanes) is 6. The molecule has 0 radical (unpaired) electrons. The van der Waals surface area contributed by atoms with Crippen LogP contribution in [-0.2, 0) is 9.53 Å². The van der Waals surface area contributed by atoms with Gasteiger partial charge in [-0.1, -0.05) is 65.2 Å². The van der Waals surface area contributed by atoms with Crippen LogP contribution in [-0.4, -0.2) is 42.1 Å². The summed E-state index contributed by atoms with van der Waals surface area (Å²) in [6.45, 7) is 4.48. The zero-order valence-electron chi connectivity index (χ0n) is 18.1. The topological polar surface area (TPSA) is 53.9 Å². The molecule has 0 aromatic carbocycles.